The first-order valence-electron chi connectivity index (χ1n) is 8.27. The molecule has 0 spiro atoms. The number of morpholine rings is 1. The van der Waals surface area contributed by atoms with Crippen LogP contribution >= 0.6 is 23.2 Å². The fourth-order valence-corrected chi connectivity index (χ4v) is 3.51. The molecule has 1 aliphatic rings. The molecule has 0 N–H and O–H groups in total. The van der Waals surface area contributed by atoms with E-state index in [1.807, 2.05) is 31.3 Å². The first-order chi connectivity index (χ1) is 12.0. The minimum Gasteiger partial charge on any atom is -0.496 e. The van der Waals surface area contributed by atoms with Gasteiger partial charge in [-0.2, -0.15) is 0 Å². The number of halogens is 2. The van der Waals surface area contributed by atoms with Crippen molar-refractivity contribution < 1.29 is 9.47 Å². The fourth-order valence-electron chi connectivity index (χ4n) is 3.20. The molecule has 1 aliphatic heterocycles. The molecule has 2 heterocycles. The van der Waals surface area contributed by atoms with Crippen molar-refractivity contribution in [2.24, 2.45) is 0 Å². The van der Waals surface area contributed by atoms with E-state index in [1.54, 1.807) is 7.11 Å². The second-order valence-corrected chi connectivity index (χ2v) is 7.13. The van der Waals surface area contributed by atoms with Crippen LogP contribution in [-0.2, 0) is 11.3 Å². The highest BCUT2D eigenvalue weighted by atomic mass is 35.5. The molecule has 0 saturated carbocycles. The molecule has 25 heavy (non-hydrogen) atoms. The highest BCUT2D eigenvalue weighted by molar-refractivity contribution is 6.42. The van der Waals surface area contributed by atoms with Crippen molar-refractivity contribution in [3.05, 3.63) is 56.8 Å². The summed E-state index contributed by atoms with van der Waals surface area (Å²) in [6.07, 6.45) is 1.86. The lowest BCUT2D eigenvalue weighted by Gasteiger charge is -2.33. The van der Waals surface area contributed by atoms with Crippen molar-refractivity contribution in [2.75, 3.05) is 26.8 Å². The van der Waals surface area contributed by atoms with E-state index in [1.165, 1.54) is 0 Å². The predicted molar refractivity (Wildman–Crippen MR) is 101 cm³/mol. The van der Waals surface area contributed by atoms with Crippen LogP contribution in [0.3, 0.4) is 0 Å². The summed E-state index contributed by atoms with van der Waals surface area (Å²) in [6, 6.07) is 5.68. The van der Waals surface area contributed by atoms with Gasteiger partial charge < -0.3 is 9.47 Å². The maximum atomic E-state index is 6.14. The Morgan fingerprint density at radius 3 is 2.80 bits per heavy atom. The maximum Gasteiger partial charge on any atom is 0.128 e. The molecule has 2 aromatic rings. The summed E-state index contributed by atoms with van der Waals surface area (Å²) in [5.74, 6) is 0.916. The summed E-state index contributed by atoms with van der Waals surface area (Å²) in [5.41, 5.74) is 4.24. The number of nitrogens with zero attached hydrogens (tertiary/aromatic N) is 2. The van der Waals surface area contributed by atoms with Crippen LogP contribution in [0, 0.1) is 13.8 Å². The molecule has 0 bridgehead atoms. The van der Waals surface area contributed by atoms with Gasteiger partial charge in [-0.25, -0.2) is 0 Å². The number of aryl methyl sites for hydroxylation is 1. The molecule has 1 aromatic carbocycles. The molecule has 1 aromatic heterocycles. The highest BCUT2D eigenvalue weighted by Crippen LogP contribution is 2.30. The van der Waals surface area contributed by atoms with Crippen molar-refractivity contribution in [1.29, 1.82) is 0 Å². The summed E-state index contributed by atoms with van der Waals surface area (Å²) in [4.78, 5) is 6.95. The molecule has 6 heteroatoms. The van der Waals surface area contributed by atoms with Crippen molar-refractivity contribution in [3.63, 3.8) is 0 Å². The number of hydrogen-bond donors (Lipinski definition) is 0. The topological polar surface area (TPSA) is 34.6 Å². The Balaban J connectivity index is 1.75. The molecule has 4 nitrogen and oxygen atoms in total. The zero-order chi connectivity index (χ0) is 18.0. The normalized spacial score (nSPS) is 18.4. The molecule has 3 rings (SSSR count). The Morgan fingerprint density at radius 1 is 1.28 bits per heavy atom. The SMILES string of the molecule is COc1c(C)cnc(CN2CCOC(c3ccc(Cl)c(Cl)c3)C2)c1C. The van der Waals surface area contributed by atoms with Gasteiger partial charge >= 0.3 is 0 Å². The summed E-state index contributed by atoms with van der Waals surface area (Å²) < 4.78 is 11.4. The van der Waals surface area contributed by atoms with E-state index in [9.17, 15) is 0 Å². The van der Waals surface area contributed by atoms with Gasteiger partial charge in [0.2, 0.25) is 0 Å². The summed E-state index contributed by atoms with van der Waals surface area (Å²) >= 11 is 12.2. The predicted octanol–water partition coefficient (Wildman–Crippen LogP) is 4.59. The van der Waals surface area contributed by atoms with Crippen LogP contribution < -0.4 is 4.74 Å². The quantitative estimate of drug-likeness (QED) is 0.776. The zero-order valence-corrected chi connectivity index (χ0v) is 16.2. The van der Waals surface area contributed by atoms with E-state index in [4.69, 9.17) is 32.7 Å². The van der Waals surface area contributed by atoms with E-state index in [0.29, 0.717) is 16.7 Å². The average molecular weight is 381 g/mol. The van der Waals surface area contributed by atoms with Gasteiger partial charge in [0.25, 0.3) is 0 Å². The largest absolute Gasteiger partial charge is 0.496 e. The molecule has 134 valence electrons. The van der Waals surface area contributed by atoms with Gasteiger partial charge in [0.15, 0.2) is 0 Å². The third-order valence-electron chi connectivity index (χ3n) is 4.59. The lowest BCUT2D eigenvalue weighted by molar-refractivity contribution is -0.0333. The van der Waals surface area contributed by atoms with Crippen LogP contribution in [0.25, 0.3) is 0 Å². The summed E-state index contributed by atoms with van der Waals surface area (Å²) in [5, 5.41) is 1.12. The number of rotatable bonds is 4. The summed E-state index contributed by atoms with van der Waals surface area (Å²) in [7, 11) is 1.70. The molecule has 1 unspecified atom stereocenters. The number of methoxy groups -OCH3 is 1. The molecular formula is C19H22Cl2N2O2. The van der Waals surface area contributed by atoms with Crippen LogP contribution in [0.15, 0.2) is 24.4 Å². The molecule has 0 radical (unpaired) electrons. The molecule has 0 amide bonds. The lowest BCUT2D eigenvalue weighted by atomic mass is 10.1. The minimum absolute atomic E-state index is 0.0174. The maximum absolute atomic E-state index is 6.14. The highest BCUT2D eigenvalue weighted by Gasteiger charge is 2.24. The summed E-state index contributed by atoms with van der Waals surface area (Å²) in [6.45, 7) is 7.17. The van der Waals surface area contributed by atoms with Crippen molar-refractivity contribution in [1.82, 2.24) is 9.88 Å². The van der Waals surface area contributed by atoms with E-state index in [-0.39, 0.29) is 6.10 Å². The monoisotopic (exact) mass is 380 g/mol. The molecule has 1 saturated heterocycles. The first-order valence-corrected chi connectivity index (χ1v) is 9.03. The number of pyridine rings is 1. The van der Waals surface area contributed by atoms with E-state index in [2.05, 4.69) is 16.8 Å². The fraction of sp³-hybridized carbons (Fsp3) is 0.421. The van der Waals surface area contributed by atoms with E-state index >= 15 is 0 Å². The zero-order valence-electron chi connectivity index (χ0n) is 14.7. The van der Waals surface area contributed by atoms with Crippen molar-refractivity contribution >= 4 is 23.2 Å². The Labute approximate surface area is 158 Å². The van der Waals surface area contributed by atoms with Crippen LogP contribution in [0.5, 0.6) is 5.75 Å². The number of ether oxygens (including phenoxy) is 2. The van der Waals surface area contributed by atoms with Crippen molar-refractivity contribution in [2.45, 2.75) is 26.5 Å². The average Bonchev–Trinajstić information content (AvgIpc) is 2.61. The second kappa shape index (κ2) is 7.92. The first kappa shape index (κ1) is 18.5. The van der Waals surface area contributed by atoms with E-state index < -0.39 is 0 Å². The van der Waals surface area contributed by atoms with Gasteiger partial charge in [0.05, 0.1) is 35.6 Å². The Bertz CT molecular complexity index is 767. The molecule has 1 fully saturated rings. The minimum atomic E-state index is -0.0174. The Hall–Kier alpha value is -1.33. The standard InChI is InChI=1S/C19H22Cl2N2O2/c1-12-9-22-17(13(2)19(12)24-3)10-23-6-7-25-18(11-23)14-4-5-15(20)16(21)8-14/h4-5,8-9,18H,6-7,10-11H2,1-3H3. The van der Waals surface area contributed by atoms with Gasteiger partial charge in [0, 0.05) is 37.0 Å². The van der Waals surface area contributed by atoms with E-state index in [0.717, 1.165) is 47.8 Å². The van der Waals surface area contributed by atoms with Crippen LogP contribution in [0.4, 0.5) is 0 Å². The molecular weight excluding hydrogens is 359 g/mol. The van der Waals surface area contributed by atoms with Gasteiger partial charge in [-0.1, -0.05) is 29.3 Å². The number of benzene rings is 1. The molecule has 0 aliphatic carbocycles. The van der Waals surface area contributed by atoms with Crippen molar-refractivity contribution in [3.8, 4) is 5.75 Å². The van der Waals surface area contributed by atoms with Gasteiger partial charge in [-0.15, -0.1) is 0 Å². The van der Waals surface area contributed by atoms with Crippen LogP contribution in [0.2, 0.25) is 10.0 Å². The molecule has 1 atom stereocenters. The van der Waals surface area contributed by atoms with Crippen LogP contribution in [-0.4, -0.2) is 36.7 Å². The van der Waals surface area contributed by atoms with Crippen LogP contribution in [0.1, 0.15) is 28.5 Å². The van der Waals surface area contributed by atoms with Gasteiger partial charge in [0.1, 0.15) is 5.75 Å². The van der Waals surface area contributed by atoms with Gasteiger partial charge in [-0.05, 0) is 31.5 Å². The Kier molecular flexibility index (Phi) is 5.85. The van der Waals surface area contributed by atoms with Gasteiger partial charge in [-0.3, -0.25) is 9.88 Å². The number of aromatic nitrogens is 1. The third kappa shape index (κ3) is 4.09. The number of hydrogen-bond acceptors (Lipinski definition) is 4. The third-order valence-corrected chi connectivity index (χ3v) is 5.33. The second-order valence-electron chi connectivity index (χ2n) is 6.31. The Morgan fingerprint density at radius 2 is 2.08 bits per heavy atom. The smallest absolute Gasteiger partial charge is 0.128 e. The lowest BCUT2D eigenvalue weighted by Crippen LogP contribution is -2.38.